The van der Waals surface area contributed by atoms with Crippen molar-refractivity contribution in [1.82, 2.24) is 15.1 Å². The Hall–Kier alpha value is -2.89. The zero-order valence-corrected chi connectivity index (χ0v) is 13.3. The molecule has 122 valence electrons. The fourth-order valence-corrected chi connectivity index (χ4v) is 3.05. The molecule has 0 spiro atoms. The number of aromatic nitrogens is 2. The van der Waals surface area contributed by atoms with Crippen molar-refractivity contribution < 1.29 is 9.21 Å². The lowest BCUT2D eigenvalue weighted by Crippen LogP contribution is -2.35. The first-order valence-corrected chi connectivity index (χ1v) is 8.12. The molecule has 1 amide bonds. The van der Waals surface area contributed by atoms with Gasteiger partial charge >= 0.3 is 0 Å². The normalized spacial score (nSPS) is 15.5. The fourth-order valence-electron chi connectivity index (χ4n) is 3.05. The summed E-state index contributed by atoms with van der Waals surface area (Å²) in [6.45, 7) is 2.96. The van der Waals surface area contributed by atoms with Crippen LogP contribution >= 0.6 is 0 Å². The number of nitrogens with zero attached hydrogens (tertiary/aromatic N) is 4. The lowest BCUT2D eigenvalue weighted by Gasteiger charge is -2.21. The van der Waals surface area contributed by atoms with E-state index in [1.807, 2.05) is 47.4 Å². The summed E-state index contributed by atoms with van der Waals surface area (Å²) in [7, 11) is 0. The van der Waals surface area contributed by atoms with Crippen LogP contribution in [0.15, 0.2) is 53.1 Å². The lowest BCUT2D eigenvalue weighted by atomic mass is 10.2. The number of carbonyl (C=O) groups is 1. The molecular formula is C18H18N4O2. The van der Waals surface area contributed by atoms with E-state index in [4.69, 9.17) is 4.42 Å². The third-order valence-corrected chi connectivity index (χ3v) is 4.30. The van der Waals surface area contributed by atoms with Crippen molar-refractivity contribution in [3.05, 3.63) is 54.4 Å². The summed E-state index contributed by atoms with van der Waals surface area (Å²) >= 11 is 0. The Kier molecular flexibility index (Phi) is 3.86. The molecule has 1 aromatic carbocycles. The van der Waals surface area contributed by atoms with E-state index in [2.05, 4.69) is 15.1 Å². The fraction of sp³-hybridized carbons (Fsp3) is 0.278. The van der Waals surface area contributed by atoms with E-state index in [0.29, 0.717) is 18.8 Å². The zero-order chi connectivity index (χ0) is 16.4. The molecule has 0 saturated carbocycles. The molecule has 1 aliphatic rings. The second-order valence-corrected chi connectivity index (χ2v) is 5.86. The van der Waals surface area contributed by atoms with E-state index in [9.17, 15) is 4.79 Å². The van der Waals surface area contributed by atoms with Crippen molar-refractivity contribution in [3.63, 3.8) is 0 Å². The highest BCUT2D eigenvalue weighted by atomic mass is 16.3. The molecule has 0 aliphatic carbocycles. The first-order chi connectivity index (χ1) is 11.8. The van der Waals surface area contributed by atoms with Crippen LogP contribution in [-0.4, -0.2) is 47.2 Å². The molecule has 6 nitrogen and oxygen atoms in total. The predicted molar refractivity (Wildman–Crippen MR) is 91.0 cm³/mol. The maximum atomic E-state index is 12.8. The van der Waals surface area contributed by atoms with Gasteiger partial charge in [0, 0.05) is 37.8 Å². The third kappa shape index (κ3) is 2.82. The van der Waals surface area contributed by atoms with Gasteiger partial charge in [-0.25, -0.2) is 0 Å². The van der Waals surface area contributed by atoms with E-state index >= 15 is 0 Å². The molecule has 0 unspecified atom stereocenters. The standard InChI is InChI=1S/C18H18N4O2/c23-18(16-13-14-5-1-2-6-15(14)24-16)22-10-4-9-21(11-12-22)17-7-3-8-19-20-17/h1-3,5-8,13H,4,9-12H2. The maximum Gasteiger partial charge on any atom is 0.289 e. The minimum Gasteiger partial charge on any atom is -0.451 e. The summed E-state index contributed by atoms with van der Waals surface area (Å²) in [5.74, 6) is 1.21. The van der Waals surface area contributed by atoms with Gasteiger partial charge in [-0.3, -0.25) is 4.79 Å². The number of para-hydroxylation sites is 1. The van der Waals surface area contributed by atoms with E-state index in [1.165, 1.54) is 0 Å². The van der Waals surface area contributed by atoms with Gasteiger partial charge in [-0.1, -0.05) is 18.2 Å². The molecule has 1 saturated heterocycles. The number of hydrogen-bond donors (Lipinski definition) is 0. The van der Waals surface area contributed by atoms with E-state index in [1.54, 1.807) is 6.20 Å². The number of hydrogen-bond acceptors (Lipinski definition) is 5. The zero-order valence-electron chi connectivity index (χ0n) is 13.3. The van der Waals surface area contributed by atoms with Gasteiger partial charge in [0.25, 0.3) is 5.91 Å². The van der Waals surface area contributed by atoms with Gasteiger partial charge < -0.3 is 14.2 Å². The predicted octanol–water partition coefficient (Wildman–Crippen LogP) is 2.58. The number of anilines is 1. The first-order valence-electron chi connectivity index (χ1n) is 8.12. The Morgan fingerprint density at radius 1 is 1.04 bits per heavy atom. The highest BCUT2D eigenvalue weighted by molar-refractivity contribution is 5.96. The van der Waals surface area contributed by atoms with Crippen LogP contribution in [0.2, 0.25) is 0 Å². The molecule has 0 atom stereocenters. The molecule has 3 heterocycles. The van der Waals surface area contributed by atoms with Crippen molar-refractivity contribution in [2.24, 2.45) is 0 Å². The van der Waals surface area contributed by atoms with Crippen molar-refractivity contribution in [2.75, 3.05) is 31.1 Å². The highest BCUT2D eigenvalue weighted by Crippen LogP contribution is 2.21. The minimum absolute atomic E-state index is 0.0489. The van der Waals surface area contributed by atoms with E-state index in [-0.39, 0.29) is 5.91 Å². The van der Waals surface area contributed by atoms with Gasteiger partial charge in [0.05, 0.1) is 0 Å². The number of carbonyl (C=O) groups excluding carboxylic acids is 1. The van der Waals surface area contributed by atoms with Crippen molar-refractivity contribution in [1.29, 1.82) is 0 Å². The van der Waals surface area contributed by atoms with Crippen LogP contribution in [0.5, 0.6) is 0 Å². The largest absolute Gasteiger partial charge is 0.451 e. The quantitative estimate of drug-likeness (QED) is 0.725. The number of amides is 1. The molecule has 6 heteroatoms. The first kappa shape index (κ1) is 14.7. The van der Waals surface area contributed by atoms with Crippen LogP contribution in [0.4, 0.5) is 5.82 Å². The van der Waals surface area contributed by atoms with Gasteiger partial charge in [0.1, 0.15) is 5.58 Å². The molecule has 0 radical (unpaired) electrons. The lowest BCUT2D eigenvalue weighted by molar-refractivity contribution is 0.0737. The average molecular weight is 322 g/mol. The van der Waals surface area contributed by atoms with Gasteiger partial charge in [0.15, 0.2) is 11.6 Å². The summed E-state index contributed by atoms with van der Waals surface area (Å²) in [6.07, 6.45) is 2.56. The molecule has 1 fully saturated rings. The van der Waals surface area contributed by atoms with Gasteiger partial charge in [-0.15, -0.1) is 5.10 Å². The molecular weight excluding hydrogens is 304 g/mol. The van der Waals surface area contributed by atoms with Crippen LogP contribution in [0.1, 0.15) is 17.0 Å². The summed E-state index contributed by atoms with van der Waals surface area (Å²) in [4.78, 5) is 16.8. The molecule has 1 aliphatic heterocycles. The van der Waals surface area contributed by atoms with Crippen molar-refractivity contribution >= 4 is 22.7 Å². The molecule has 3 aromatic rings. The second kappa shape index (κ2) is 6.31. The third-order valence-electron chi connectivity index (χ3n) is 4.30. The number of furan rings is 1. The maximum absolute atomic E-state index is 12.8. The molecule has 0 N–H and O–H groups in total. The molecule has 2 aromatic heterocycles. The van der Waals surface area contributed by atoms with Crippen LogP contribution in [0.3, 0.4) is 0 Å². The molecule has 4 rings (SSSR count). The average Bonchev–Trinajstić information content (AvgIpc) is 2.91. The smallest absolute Gasteiger partial charge is 0.289 e. The van der Waals surface area contributed by atoms with Crippen LogP contribution in [0, 0.1) is 0 Å². The number of rotatable bonds is 2. The Morgan fingerprint density at radius 3 is 2.79 bits per heavy atom. The SMILES string of the molecule is O=C(c1cc2ccccc2o1)N1CCCN(c2cccnn2)CC1. The van der Waals surface area contributed by atoms with Crippen LogP contribution < -0.4 is 4.90 Å². The minimum atomic E-state index is -0.0489. The Morgan fingerprint density at radius 2 is 1.96 bits per heavy atom. The van der Waals surface area contributed by atoms with Crippen LogP contribution in [0.25, 0.3) is 11.0 Å². The second-order valence-electron chi connectivity index (χ2n) is 5.86. The van der Waals surface area contributed by atoms with E-state index in [0.717, 1.165) is 36.3 Å². The topological polar surface area (TPSA) is 62.5 Å². The highest BCUT2D eigenvalue weighted by Gasteiger charge is 2.23. The van der Waals surface area contributed by atoms with Gasteiger partial charge in [0.2, 0.25) is 0 Å². The van der Waals surface area contributed by atoms with E-state index < -0.39 is 0 Å². The summed E-state index contributed by atoms with van der Waals surface area (Å²) in [6, 6.07) is 13.3. The Bertz CT molecular complexity index is 813. The van der Waals surface area contributed by atoms with Crippen molar-refractivity contribution in [2.45, 2.75) is 6.42 Å². The Balaban J connectivity index is 1.49. The van der Waals surface area contributed by atoms with Gasteiger partial charge in [-0.2, -0.15) is 5.10 Å². The van der Waals surface area contributed by atoms with Gasteiger partial charge in [-0.05, 0) is 30.7 Å². The number of fused-ring (bicyclic) bond motifs is 1. The molecule has 0 bridgehead atoms. The summed E-state index contributed by atoms with van der Waals surface area (Å²) in [5.41, 5.74) is 0.747. The number of benzene rings is 1. The van der Waals surface area contributed by atoms with Crippen LogP contribution in [-0.2, 0) is 0 Å². The Labute approximate surface area is 139 Å². The van der Waals surface area contributed by atoms with Crippen molar-refractivity contribution in [3.8, 4) is 0 Å². The summed E-state index contributed by atoms with van der Waals surface area (Å²) in [5, 5.41) is 9.04. The monoisotopic (exact) mass is 322 g/mol. The summed E-state index contributed by atoms with van der Waals surface area (Å²) < 4.78 is 5.71. The molecule has 24 heavy (non-hydrogen) atoms.